The molecule has 0 aromatic carbocycles. The Hall–Kier alpha value is -0.470. The van der Waals surface area contributed by atoms with Crippen LogP contribution in [0, 0.1) is 0 Å². The molecule has 0 atom stereocenters. The van der Waals surface area contributed by atoms with E-state index in [9.17, 15) is 92.2 Å². The maximum atomic E-state index is 13.3. The first-order chi connectivity index (χ1) is 13.8. The minimum absolute atomic E-state index is 0. The molecule has 0 spiro atoms. The largest absolute Gasteiger partial charge is 1.00 e. The first kappa shape index (κ1) is 35.7. The molecule has 0 saturated carbocycles. The Morgan fingerprint density at radius 2 is 0.529 bits per heavy atom. The maximum absolute atomic E-state index is 13.3. The second kappa shape index (κ2) is 8.83. The van der Waals surface area contributed by atoms with Gasteiger partial charge in [0.1, 0.15) is 0 Å². The van der Waals surface area contributed by atoms with Crippen molar-refractivity contribution in [1.82, 2.24) is 0 Å². The molecule has 0 radical (unpaired) electrons. The van der Waals surface area contributed by atoms with Crippen LogP contribution >= 0.6 is 0 Å². The molecule has 0 fully saturated rings. The molecule has 0 aromatic rings. The van der Waals surface area contributed by atoms with Crippen molar-refractivity contribution in [3.8, 4) is 0 Å². The maximum Gasteiger partial charge on any atom is 1.00 e. The summed E-state index contributed by atoms with van der Waals surface area (Å²) in [4.78, 5) is 0. The van der Waals surface area contributed by atoms with Crippen LogP contribution in [0.1, 0.15) is 14.8 Å². The molecule has 0 rings (SSSR count). The normalized spacial score (nSPS) is 16.4. The van der Waals surface area contributed by atoms with E-state index in [1.807, 2.05) is 0 Å². The van der Waals surface area contributed by atoms with Crippen LogP contribution in [0.15, 0.2) is 0 Å². The van der Waals surface area contributed by atoms with Gasteiger partial charge in [-0.2, -0.15) is 92.2 Å². The first-order valence-corrected chi connectivity index (χ1v) is 7.28. The topological polar surface area (TPSA) is 0 Å². The van der Waals surface area contributed by atoms with Gasteiger partial charge in [-0.1, -0.05) is 6.92 Å². The van der Waals surface area contributed by atoms with Crippen LogP contribution in [0.3, 0.4) is 0 Å². The summed E-state index contributed by atoms with van der Waals surface area (Å²) < 4.78 is 271. The average Bonchev–Trinajstić information content (AvgIpc) is 2.59. The molecule has 0 saturated heterocycles. The van der Waals surface area contributed by atoms with Gasteiger partial charge in [0.25, 0.3) is 0 Å². The van der Waals surface area contributed by atoms with Crippen molar-refractivity contribution >= 4 is 0 Å². The van der Waals surface area contributed by atoms with Crippen molar-refractivity contribution in [2.24, 2.45) is 0 Å². The predicted octanol–water partition coefficient (Wildman–Crippen LogP) is 4.79. The second-order valence-corrected chi connectivity index (χ2v) is 6.15. The van der Waals surface area contributed by atoms with Gasteiger partial charge in [0.15, 0.2) is 0 Å². The van der Waals surface area contributed by atoms with Crippen LogP contribution < -0.4 is 29.6 Å². The zero-order valence-corrected chi connectivity index (χ0v) is 17.6. The minimum Gasteiger partial charge on any atom is -1.00 e. The fourth-order valence-electron chi connectivity index (χ4n) is 1.81. The van der Waals surface area contributed by atoms with Crippen molar-refractivity contribution in [1.29, 1.82) is 0 Å². The van der Waals surface area contributed by atoms with E-state index in [0.29, 0.717) is 0 Å². The molecule has 0 aliphatic rings. The van der Waals surface area contributed by atoms with Gasteiger partial charge >= 0.3 is 89.0 Å². The van der Waals surface area contributed by atoms with Crippen molar-refractivity contribution < 1.29 is 123 Å². The van der Waals surface area contributed by atoms with Gasteiger partial charge in [0.05, 0.1) is 0 Å². The van der Waals surface area contributed by atoms with E-state index in [1.54, 1.807) is 0 Å². The number of rotatable bonds is 9. The fourth-order valence-corrected chi connectivity index (χ4v) is 1.81. The third kappa shape index (κ3) is 4.21. The van der Waals surface area contributed by atoms with Crippen LogP contribution in [0.5, 0.6) is 0 Å². The zero-order chi connectivity index (χ0) is 27.7. The number of halogens is 21. The monoisotopic (exact) mass is 572 g/mol. The van der Waals surface area contributed by atoms with E-state index in [1.165, 1.54) is 0 Å². The Morgan fingerprint density at radius 3 is 0.706 bits per heavy atom. The second-order valence-electron chi connectivity index (χ2n) is 6.15. The molecule has 0 unspecified atom stereocenters. The van der Waals surface area contributed by atoms with Crippen molar-refractivity contribution in [2.45, 2.75) is 72.8 Å². The molecule has 0 heterocycles. The van der Waals surface area contributed by atoms with Crippen LogP contribution in [0.4, 0.5) is 92.2 Å². The van der Waals surface area contributed by atoms with E-state index in [4.69, 9.17) is 0 Å². The molecule has 0 N–H and O–H groups in total. The van der Waals surface area contributed by atoms with Gasteiger partial charge in [-0.15, -0.1) is 0 Å². The van der Waals surface area contributed by atoms with Crippen LogP contribution in [0.25, 0.3) is 0 Å². The molecule has 0 aliphatic heterocycles. The molecule has 0 nitrogen and oxygen atoms in total. The van der Waals surface area contributed by atoms with Gasteiger partial charge in [-0.3, -0.25) is 0 Å². The van der Waals surface area contributed by atoms with E-state index >= 15 is 0 Å². The summed E-state index contributed by atoms with van der Waals surface area (Å²) in [5.74, 6) is -76.2. The third-order valence-electron chi connectivity index (χ3n) is 4.02. The van der Waals surface area contributed by atoms with Crippen molar-refractivity contribution in [3.05, 3.63) is 0 Å². The standard InChI is InChI=1S/C12H5F21.Na.H/c1-2-3(13,14)4(15,16)5(17,18)6(19,20)7(21,22)8(23,24)9(25,26)10(27,28)11(29,30)12(31,32)33;;/h2H2,1H3;;/q;+1;-1. The van der Waals surface area contributed by atoms with Gasteiger partial charge in [-0.25, -0.2) is 0 Å². The van der Waals surface area contributed by atoms with E-state index in [0.717, 1.165) is 0 Å². The summed E-state index contributed by atoms with van der Waals surface area (Å²) in [7, 11) is 0. The SMILES string of the molecule is CCC(F)(F)C(F)(F)C(F)(F)C(F)(F)C(F)(F)C(F)(F)C(F)(F)C(F)(F)C(F)(F)C(F)(F)F.[H-].[Na+]. The Kier molecular flexibility index (Phi) is 9.27. The van der Waals surface area contributed by atoms with Crippen LogP contribution in [0.2, 0.25) is 0 Å². The van der Waals surface area contributed by atoms with Crippen molar-refractivity contribution in [3.63, 3.8) is 0 Å². The van der Waals surface area contributed by atoms with Gasteiger partial charge in [0.2, 0.25) is 0 Å². The molecule has 34 heavy (non-hydrogen) atoms. The third-order valence-corrected chi connectivity index (χ3v) is 4.02. The Balaban J connectivity index is -0.00000512. The molecular formula is C12H6F21Na. The predicted molar refractivity (Wildman–Crippen MR) is 62.0 cm³/mol. The summed E-state index contributed by atoms with van der Waals surface area (Å²) in [5, 5.41) is 0. The van der Waals surface area contributed by atoms with Gasteiger partial charge in [-0.05, 0) is 0 Å². The molecule has 0 aromatic heterocycles. The molecule has 0 amide bonds. The molecule has 0 aliphatic carbocycles. The summed E-state index contributed by atoms with van der Waals surface area (Å²) in [6, 6.07) is 0. The van der Waals surface area contributed by atoms with E-state index < -0.39 is 65.9 Å². The summed E-state index contributed by atoms with van der Waals surface area (Å²) >= 11 is 0. The molecule has 22 heteroatoms. The van der Waals surface area contributed by atoms with Crippen molar-refractivity contribution in [2.75, 3.05) is 0 Å². The quantitative estimate of drug-likeness (QED) is 0.276. The molecular weight excluding hydrogens is 566 g/mol. The Labute approximate surface area is 196 Å². The Morgan fingerprint density at radius 1 is 0.353 bits per heavy atom. The Bertz CT molecular complexity index is 722. The number of hydrogen-bond acceptors (Lipinski definition) is 0. The van der Waals surface area contributed by atoms with Gasteiger partial charge in [0, 0.05) is 6.42 Å². The van der Waals surface area contributed by atoms with Crippen LogP contribution in [-0.4, -0.2) is 59.5 Å². The molecule has 202 valence electrons. The molecule has 0 bridgehead atoms. The summed E-state index contributed by atoms with van der Waals surface area (Å²) in [5.41, 5.74) is 0. The smallest absolute Gasteiger partial charge is 1.00 e. The zero-order valence-electron chi connectivity index (χ0n) is 16.6. The fraction of sp³-hybridized carbons (Fsp3) is 1.00. The number of hydrogen-bond donors (Lipinski definition) is 0. The van der Waals surface area contributed by atoms with Crippen LogP contribution in [-0.2, 0) is 0 Å². The first-order valence-electron chi connectivity index (χ1n) is 7.28. The number of alkyl halides is 21. The average molecular weight is 572 g/mol. The summed E-state index contributed by atoms with van der Waals surface area (Å²) in [6.07, 6.45) is -10.6. The summed E-state index contributed by atoms with van der Waals surface area (Å²) in [6.45, 7) is -0.192. The van der Waals surface area contributed by atoms with E-state index in [-0.39, 0.29) is 37.9 Å². The van der Waals surface area contributed by atoms with E-state index in [2.05, 4.69) is 0 Å². The minimum atomic E-state index is -9.12. The van der Waals surface area contributed by atoms with Gasteiger partial charge < -0.3 is 1.43 Å².